The Bertz CT molecular complexity index is 1070. The fourth-order valence-corrected chi connectivity index (χ4v) is 7.84. The first-order valence-electron chi connectivity index (χ1n) is 11.8. The van der Waals surface area contributed by atoms with Gasteiger partial charge >= 0.3 is 5.97 Å². The Morgan fingerprint density at radius 2 is 1.86 bits per heavy atom. The van der Waals surface area contributed by atoms with Gasteiger partial charge in [-0.3, -0.25) is 9.59 Å². The number of nitrogens with zero attached hydrogens (tertiary/aromatic N) is 1. The highest BCUT2D eigenvalue weighted by Gasteiger charge is 2.89. The minimum absolute atomic E-state index is 0.0696. The third-order valence-electron chi connectivity index (χ3n) is 7.38. The van der Waals surface area contributed by atoms with Gasteiger partial charge in [0.05, 0.1) is 34.2 Å². The number of benzene rings is 1. The predicted molar refractivity (Wildman–Crippen MR) is 130 cm³/mol. The zero-order chi connectivity index (χ0) is 25.8. The van der Waals surface area contributed by atoms with Gasteiger partial charge in [0.25, 0.3) is 5.91 Å². The fraction of sp³-hybridized carbons (Fsp3) is 0.600. The Labute approximate surface area is 207 Å². The molecule has 1 aliphatic carbocycles. The molecule has 0 aromatic heterocycles. The SMILES string of the molecule is CCOC(=O)[C@@]12C[C@](C=COC)(O[Si](C)(C)C)[C@@]13c1cc(OC)c(OC)cc1CCN3C(=O)C2O. The van der Waals surface area contributed by atoms with Gasteiger partial charge in [0.1, 0.15) is 16.6 Å². The van der Waals surface area contributed by atoms with Crippen LogP contribution in [0.3, 0.4) is 0 Å². The molecule has 192 valence electrons. The zero-order valence-corrected chi connectivity index (χ0v) is 22.5. The van der Waals surface area contributed by atoms with Crippen molar-refractivity contribution in [2.45, 2.75) is 56.7 Å². The smallest absolute Gasteiger partial charge is 0.318 e. The van der Waals surface area contributed by atoms with Crippen molar-refractivity contribution in [1.29, 1.82) is 0 Å². The van der Waals surface area contributed by atoms with Gasteiger partial charge in [0, 0.05) is 13.0 Å². The van der Waals surface area contributed by atoms with Gasteiger partial charge < -0.3 is 33.4 Å². The lowest BCUT2D eigenvalue weighted by Gasteiger charge is -2.69. The van der Waals surface area contributed by atoms with E-state index in [1.54, 1.807) is 25.0 Å². The van der Waals surface area contributed by atoms with E-state index in [9.17, 15) is 14.7 Å². The Balaban J connectivity index is 2.12. The molecule has 35 heavy (non-hydrogen) atoms. The average Bonchev–Trinajstić information content (AvgIpc) is 2.97. The number of aliphatic hydroxyl groups excluding tert-OH is 1. The molecule has 10 heteroatoms. The molecule has 2 heterocycles. The first kappa shape index (κ1) is 25.5. The van der Waals surface area contributed by atoms with Gasteiger partial charge in [0.2, 0.25) is 0 Å². The maximum atomic E-state index is 13.7. The molecule has 1 saturated heterocycles. The van der Waals surface area contributed by atoms with Crippen LogP contribution in [-0.4, -0.2) is 76.4 Å². The summed E-state index contributed by atoms with van der Waals surface area (Å²) < 4.78 is 28.8. The number of methoxy groups -OCH3 is 3. The summed E-state index contributed by atoms with van der Waals surface area (Å²) in [6, 6.07) is 3.69. The summed E-state index contributed by atoms with van der Waals surface area (Å²) in [5.41, 5.74) is -2.48. The van der Waals surface area contributed by atoms with Crippen molar-refractivity contribution in [3.05, 3.63) is 35.6 Å². The number of amides is 1. The molecule has 1 aromatic carbocycles. The van der Waals surface area contributed by atoms with Crippen molar-refractivity contribution < 1.29 is 38.1 Å². The Morgan fingerprint density at radius 1 is 1.20 bits per heavy atom. The number of carbonyl (C=O) groups excluding carboxylic acids is 2. The average molecular weight is 506 g/mol. The maximum absolute atomic E-state index is 13.7. The van der Waals surface area contributed by atoms with E-state index in [1.807, 2.05) is 31.8 Å². The van der Waals surface area contributed by atoms with Crippen LogP contribution in [0.4, 0.5) is 0 Å². The van der Waals surface area contributed by atoms with E-state index < -0.39 is 42.9 Å². The van der Waals surface area contributed by atoms with Gasteiger partial charge in [-0.15, -0.1) is 0 Å². The van der Waals surface area contributed by atoms with E-state index in [4.69, 9.17) is 23.4 Å². The molecule has 4 atom stereocenters. The molecule has 2 fully saturated rings. The van der Waals surface area contributed by atoms with E-state index in [1.165, 1.54) is 20.5 Å². The highest BCUT2D eigenvalue weighted by Crippen LogP contribution is 2.74. The molecule has 3 aliphatic rings. The van der Waals surface area contributed by atoms with Crippen LogP contribution < -0.4 is 9.47 Å². The van der Waals surface area contributed by atoms with E-state index in [0.717, 1.165) is 5.56 Å². The third-order valence-corrected chi connectivity index (χ3v) is 8.35. The molecular formula is C25H35NO8Si. The van der Waals surface area contributed by atoms with Crippen LogP contribution in [-0.2, 0) is 35.4 Å². The topological polar surface area (TPSA) is 104 Å². The van der Waals surface area contributed by atoms with Crippen molar-refractivity contribution in [3.63, 3.8) is 0 Å². The van der Waals surface area contributed by atoms with Gasteiger partial charge in [-0.05, 0) is 62.3 Å². The van der Waals surface area contributed by atoms with Crippen molar-refractivity contribution in [3.8, 4) is 11.5 Å². The number of rotatable bonds is 8. The summed E-state index contributed by atoms with van der Waals surface area (Å²) in [6.07, 6.45) is 2.32. The molecule has 1 saturated carbocycles. The third kappa shape index (κ3) is 3.19. The first-order chi connectivity index (χ1) is 16.5. The summed E-state index contributed by atoms with van der Waals surface area (Å²) >= 11 is 0. The molecule has 4 rings (SSSR count). The summed E-state index contributed by atoms with van der Waals surface area (Å²) in [6.45, 7) is 8.27. The lowest BCUT2D eigenvalue weighted by molar-refractivity contribution is -0.245. The van der Waals surface area contributed by atoms with Crippen LogP contribution in [0, 0.1) is 5.41 Å². The van der Waals surface area contributed by atoms with E-state index in [2.05, 4.69) is 0 Å². The lowest BCUT2D eigenvalue weighted by Crippen LogP contribution is -2.81. The maximum Gasteiger partial charge on any atom is 0.318 e. The van der Waals surface area contributed by atoms with Crippen LogP contribution >= 0.6 is 0 Å². The van der Waals surface area contributed by atoms with Gasteiger partial charge in [0.15, 0.2) is 25.9 Å². The molecule has 1 amide bonds. The Morgan fingerprint density at radius 3 is 2.43 bits per heavy atom. The number of hydrogen-bond acceptors (Lipinski definition) is 8. The summed E-state index contributed by atoms with van der Waals surface area (Å²) in [7, 11) is 2.35. The second-order valence-electron chi connectivity index (χ2n) is 10.2. The monoisotopic (exact) mass is 505 g/mol. The van der Waals surface area contributed by atoms with E-state index in [-0.39, 0.29) is 13.0 Å². The lowest BCUT2D eigenvalue weighted by atomic mass is 9.42. The molecule has 9 nitrogen and oxygen atoms in total. The Hall–Kier alpha value is -2.56. The van der Waals surface area contributed by atoms with E-state index in [0.29, 0.717) is 30.0 Å². The normalized spacial score (nSPS) is 31.4. The second-order valence-corrected chi connectivity index (χ2v) is 14.7. The van der Waals surface area contributed by atoms with Crippen LogP contribution in [0.25, 0.3) is 0 Å². The van der Waals surface area contributed by atoms with Gasteiger partial charge in [-0.25, -0.2) is 0 Å². The largest absolute Gasteiger partial charge is 0.505 e. The summed E-state index contributed by atoms with van der Waals surface area (Å²) in [5, 5.41) is 11.4. The van der Waals surface area contributed by atoms with Crippen molar-refractivity contribution in [2.24, 2.45) is 5.41 Å². The quantitative estimate of drug-likeness (QED) is 0.326. The van der Waals surface area contributed by atoms with Crippen LogP contribution in [0.2, 0.25) is 19.6 Å². The first-order valence-corrected chi connectivity index (χ1v) is 15.2. The van der Waals surface area contributed by atoms with E-state index >= 15 is 0 Å². The summed E-state index contributed by atoms with van der Waals surface area (Å²) in [5.74, 6) is -0.123. The molecule has 1 aromatic rings. The number of carbonyl (C=O) groups is 2. The number of hydrogen-bond donors (Lipinski definition) is 1. The highest BCUT2D eigenvalue weighted by molar-refractivity contribution is 6.69. The molecule has 1 N–H and O–H groups in total. The molecule has 0 radical (unpaired) electrons. The number of esters is 1. The Kier molecular flexibility index (Phi) is 6.22. The molecule has 1 unspecified atom stereocenters. The minimum Gasteiger partial charge on any atom is -0.505 e. The summed E-state index contributed by atoms with van der Waals surface area (Å²) in [4.78, 5) is 29.0. The number of fused-ring (bicyclic) bond motifs is 1. The standard InChI is InChI=1S/C25H35NO8Si/c1-8-33-22(29)24-15-23(10-12-30-2,34-35(5,6)7)25(24)17-14-19(32-4)18(31-3)13-16(17)9-11-26(25)21(28)20(24)27/h10,12-14,20,27H,8-9,11,15H2,1-7H3/t20?,23-,24-,25-/m0/s1. The molecule has 2 aliphatic heterocycles. The zero-order valence-electron chi connectivity index (χ0n) is 21.5. The molecule has 1 spiro atoms. The molecule has 0 bridgehead atoms. The van der Waals surface area contributed by atoms with Crippen LogP contribution in [0.1, 0.15) is 24.5 Å². The van der Waals surface area contributed by atoms with Gasteiger partial charge in [-0.2, -0.15) is 0 Å². The minimum atomic E-state index is -2.28. The number of aliphatic hydroxyl groups is 1. The fourth-order valence-electron chi connectivity index (χ4n) is 6.46. The van der Waals surface area contributed by atoms with Crippen LogP contribution in [0.15, 0.2) is 24.5 Å². The number of ether oxygens (including phenoxy) is 4. The predicted octanol–water partition coefficient (Wildman–Crippen LogP) is 2.36. The van der Waals surface area contributed by atoms with Crippen molar-refractivity contribution in [1.82, 2.24) is 4.90 Å². The van der Waals surface area contributed by atoms with Crippen molar-refractivity contribution >= 4 is 20.2 Å². The van der Waals surface area contributed by atoms with Crippen molar-refractivity contribution in [2.75, 3.05) is 34.5 Å². The van der Waals surface area contributed by atoms with Crippen LogP contribution in [0.5, 0.6) is 11.5 Å². The van der Waals surface area contributed by atoms with Gasteiger partial charge in [-0.1, -0.05) is 0 Å². The molecular weight excluding hydrogens is 470 g/mol. The highest BCUT2D eigenvalue weighted by atomic mass is 28.4. The second kappa shape index (κ2) is 8.53.